The maximum Gasteiger partial charge on any atom is 0.386 e. The molecule has 0 fully saturated rings. The van der Waals surface area contributed by atoms with Gasteiger partial charge in [-0.25, -0.2) is 4.79 Å². The van der Waals surface area contributed by atoms with Crippen LogP contribution in [0, 0.1) is 0 Å². The third kappa shape index (κ3) is 1.16. The molecule has 2 aromatic rings. The Bertz CT molecular complexity index is 619. The average Bonchev–Trinajstić information content (AvgIpc) is 2.32. The molecule has 0 aliphatic carbocycles. The number of rotatable bonds is 0. The molecule has 0 saturated carbocycles. The summed E-state index contributed by atoms with van der Waals surface area (Å²) in [5.41, 5.74) is 2.18. The van der Waals surface area contributed by atoms with Crippen LogP contribution in [0.4, 0.5) is 11.5 Å². The summed E-state index contributed by atoms with van der Waals surface area (Å²) in [7, 11) is 0. The molecular weight excluding hydrogens is 206 g/mol. The lowest BCUT2D eigenvalue weighted by molar-refractivity contribution is 0.768. The van der Waals surface area contributed by atoms with Gasteiger partial charge in [-0.05, 0) is 11.6 Å². The Hall–Kier alpha value is -2.37. The minimum atomic E-state index is -0.564. The van der Waals surface area contributed by atoms with E-state index in [0.29, 0.717) is 17.9 Å². The van der Waals surface area contributed by atoms with Crippen LogP contribution in [-0.2, 0) is 6.42 Å². The zero-order chi connectivity index (χ0) is 11.1. The SMILES string of the molecule is Nn1c2c(nnc1=O)Cc1ccccc1N2. The van der Waals surface area contributed by atoms with E-state index in [1.165, 1.54) is 0 Å². The molecule has 6 heteroatoms. The molecule has 16 heavy (non-hydrogen) atoms. The zero-order valence-electron chi connectivity index (χ0n) is 8.34. The van der Waals surface area contributed by atoms with Gasteiger partial charge < -0.3 is 11.2 Å². The predicted molar refractivity (Wildman–Crippen MR) is 59.0 cm³/mol. The summed E-state index contributed by atoms with van der Waals surface area (Å²) in [6.45, 7) is 0. The standard InChI is InChI=1S/C10H9N5O/c11-15-9-8(13-14-10(15)16)5-6-3-1-2-4-7(6)12-9/h1-4,12H,5,11H2. The van der Waals surface area contributed by atoms with Crippen LogP contribution in [0.2, 0.25) is 0 Å². The van der Waals surface area contributed by atoms with Crippen molar-refractivity contribution >= 4 is 11.5 Å². The maximum atomic E-state index is 11.2. The average molecular weight is 215 g/mol. The third-order valence-corrected chi connectivity index (χ3v) is 2.60. The lowest BCUT2D eigenvalue weighted by atomic mass is 10.0. The number of aromatic nitrogens is 3. The van der Waals surface area contributed by atoms with Gasteiger partial charge in [0.2, 0.25) is 0 Å². The van der Waals surface area contributed by atoms with Gasteiger partial charge in [0.15, 0.2) is 5.82 Å². The Balaban J connectivity index is 2.19. The van der Waals surface area contributed by atoms with E-state index < -0.39 is 5.69 Å². The molecule has 0 saturated heterocycles. The second-order valence-corrected chi connectivity index (χ2v) is 3.61. The molecule has 0 atom stereocenters. The Morgan fingerprint density at radius 2 is 2.12 bits per heavy atom. The highest BCUT2D eigenvalue weighted by molar-refractivity contribution is 5.67. The van der Waals surface area contributed by atoms with Gasteiger partial charge in [0.1, 0.15) is 5.69 Å². The van der Waals surface area contributed by atoms with Crippen molar-refractivity contribution in [1.82, 2.24) is 14.9 Å². The molecule has 3 rings (SSSR count). The fourth-order valence-corrected chi connectivity index (χ4v) is 1.79. The second kappa shape index (κ2) is 3.06. The number of nitrogen functional groups attached to an aromatic ring is 1. The first-order chi connectivity index (χ1) is 7.75. The van der Waals surface area contributed by atoms with E-state index in [1.54, 1.807) is 0 Å². The third-order valence-electron chi connectivity index (χ3n) is 2.60. The summed E-state index contributed by atoms with van der Waals surface area (Å²) in [6.07, 6.45) is 0.628. The van der Waals surface area contributed by atoms with Crippen LogP contribution in [0.25, 0.3) is 0 Å². The van der Waals surface area contributed by atoms with E-state index >= 15 is 0 Å². The maximum absolute atomic E-state index is 11.2. The monoisotopic (exact) mass is 215 g/mol. The molecule has 1 aromatic carbocycles. The molecule has 1 aliphatic heterocycles. The molecule has 1 aliphatic rings. The molecule has 6 nitrogen and oxygen atoms in total. The number of benzene rings is 1. The summed E-state index contributed by atoms with van der Waals surface area (Å²) in [6, 6.07) is 7.81. The van der Waals surface area contributed by atoms with Crippen molar-refractivity contribution in [2.45, 2.75) is 6.42 Å². The summed E-state index contributed by atoms with van der Waals surface area (Å²) in [4.78, 5) is 11.2. The van der Waals surface area contributed by atoms with Crippen molar-refractivity contribution in [2.24, 2.45) is 0 Å². The lowest BCUT2D eigenvalue weighted by Crippen LogP contribution is -2.34. The summed E-state index contributed by atoms with van der Waals surface area (Å²) in [5.74, 6) is 6.11. The molecule has 0 amide bonds. The fraction of sp³-hybridized carbons (Fsp3) is 0.100. The predicted octanol–water partition coefficient (Wildman–Crippen LogP) is -0.000100. The van der Waals surface area contributed by atoms with Gasteiger partial charge in [0.05, 0.1) is 0 Å². The number of para-hydroxylation sites is 1. The van der Waals surface area contributed by atoms with Gasteiger partial charge in [-0.3, -0.25) is 0 Å². The van der Waals surface area contributed by atoms with Crippen LogP contribution in [0.1, 0.15) is 11.3 Å². The van der Waals surface area contributed by atoms with Crippen LogP contribution >= 0.6 is 0 Å². The summed E-state index contributed by atoms with van der Waals surface area (Å²) < 4.78 is 0.984. The van der Waals surface area contributed by atoms with Crippen molar-refractivity contribution in [2.75, 3.05) is 11.2 Å². The van der Waals surface area contributed by atoms with Crippen molar-refractivity contribution in [1.29, 1.82) is 0 Å². The van der Waals surface area contributed by atoms with E-state index in [4.69, 9.17) is 5.84 Å². The minimum Gasteiger partial charge on any atom is -0.338 e. The number of hydrogen-bond acceptors (Lipinski definition) is 5. The van der Waals surface area contributed by atoms with Gasteiger partial charge in [-0.15, -0.1) is 5.10 Å². The lowest BCUT2D eigenvalue weighted by Gasteiger charge is -2.20. The molecule has 2 heterocycles. The van der Waals surface area contributed by atoms with Crippen LogP contribution in [-0.4, -0.2) is 14.9 Å². The van der Waals surface area contributed by atoms with Gasteiger partial charge in [-0.1, -0.05) is 23.3 Å². The van der Waals surface area contributed by atoms with E-state index in [-0.39, 0.29) is 0 Å². The van der Waals surface area contributed by atoms with Crippen molar-refractivity contribution < 1.29 is 0 Å². The summed E-state index contributed by atoms with van der Waals surface area (Å²) >= 11 is 0. The quantitative estimate of drug-likeness (QED) is 0.515. The summed E-state index contributed by atoms with van der Waals surface area (Å²) in [5, 5.41) is 10.4. The number of anilines is 2. The number of nitrogens with one attached hydrogen (secondary N) is 1. The zero-order valence-corrected chi connectivity index (χ0v) is 8.34. The second-order valence-electron chi connectivity index (χ2n) is 3.61. The highest BCUT2D eigenvalue weighted by Gasteiger charge is 2.19. The number of nitrogens with two attached hydrogens (primary N) is 1. The molecule has 3 N–H and O–H groups in total. The Kier molecular flexibility index (Phi) is 1.70. The number of hydrogen-bond donors (Lipinski definition) is 2. The van der Waals surface area contributed by atoms with E-state index in [9.17, 15) is 4.79 Å². The minimum absolute atomic E-state index is 0.513. The first-order valence-corrected chi connectivity index (χ1v) is 4.84. The van der Waals surface area contributed by atoms with Gasteiger partial charge in [0, 0.05) is 12.1 Å². The van der Waals surface area contributed by atoms with Crippen LogP contribution in [0.15, 0.2) is 29.1 Å². The molecular formula is C10H9N5O. The van der Waals surface area contributed by atoms with E-state index in [2.05, 4.69) is 15.5 Å². The Morgan fingerprint density at radius 1 is 1.31 bits per heavy atom. The first-order valence-electron chi connectivity index (χ1n) is 4.84. The molecule has 80 valence electrons. The van der Waals surface area contributed by atoms with Gasteiger partial charge in [0.25, 0.3) is 0 Å². The molecule has 0 spiro atoms. The van der Waals surface area contributed by atoms with E-state index in [1.807, 2.05) is 24.3 Å². The normalized spacial score (nSPS) is 12.5. The van der Waals surface area contributed by atoms with Gasteiger partial charge in [-0.2, -0.15) is 4.68 Å². The topological polar surface area (TPSA) is 85.8 Å². The highest BCUT2D eigenvalue weighted by Crippen LogP contribution is 2.29. The molecule has 0 radical (unpaired) electrons. The smallest absolute Gasteiger partial charge is 0.338 e. The highest BCUT2D eigenvalue weighted by atomic mass is 16.2. The van der Waals surface area contributed by atoms with Crippen molar-refractivity contribution in [3.05, 3.63) is 46.0 Å². The number of fused-ring (bicyclic) bond motifs is 2. The van der Waals surface area contributed by atoms with Crippen LogP contribution < -0.4 is 16.8 Å². The fourth-order valence-electron chi connectivity index (χ4n) is 1.79. The molecule has 0 bridgehead atoms. The van der Waals surface area contributed by atoms with E-state index in [0.717, 1.165) is 15.9 Å². The largest absolute Gasteiger partial charge is 0.386 e. The number of nitrogens with zero attached hydrogens (tertiary/aromatic N) is 3. The van der Waals surface area contributed by atoms with Gasteiger partial charge >= 0.3 is 5.69 Å². The first kappa shape index (κ1) is 8.90. The molecule has 1 aromatic heterocycles. The molecule has 0 unspecified atom stereocenters. The van der Waals surface area contributed by atoms with Crippen molar-refractivity contribution in [3.8, 4) is 0 Å². The Labute approximate surface area is 90.7 Å². The Morgan fingerprint density at radius 3 is 3.00 bits per heavy atom. The van der Waals surface area contributed by atoms with Crippen LogP contribution in [0.3, 0.4) is 0 Å². The van der Waals surface area contributed by atoms with Crippen molar-refractivity contribution in [3.63, 3.8) is 0 Å². The van der Waals surface area contributed by atoms with Crippen LogP contribution in [0.5, 0.6) is 0 Å².